The van der Waals surface area contributed by atoms with Crippen molar-refractivity contribution in [1.29, 1.82) is 0 Å². The number of hydrogen-bond donors (Lipinski definition) is 1. The molecule has 2 nitrogen and oxygen atoms in total. The summed E-state index contributed by atoms with van der Waals surface area (Å²) in [7, 11) is 0. The Kier molecular flexibility index (Phi) is 3.48. The van der Waals surface area contributed by atoms with E-state index in [4.69, 9.17) is 40.5 Å². The molecule has 2 N–H and O–H groups in total. The maximum Gasteiger partial charge on any atom is 0.126 e. The molecule has 1 aromatic heterocycles. The molecule has 0 saturated carbocycles. The number of nitrogens with zero attached hydrogens (tertiary/aromatic N) is 1. The van der Waals surface area contributed by atoms with E-state index in [9.17, 15) is 0 Å². The van der Waals surface area contributed by atoms with Crippen LogP contribution >= 0.6 is 34.8 Å². The van der Waals surface area contributed by atoms with Crippen LogP contribution in [0.5, 0.6) is 0 Å². The Bertz CT molecular complexity index is 582. The number of anilines is 1. The fraction of sp³-hybridized carbons (Fsp3) is 0.0833. The molecule has 0 aliphatic rings. The number of nitrogens with two attached hydrogens (primary N) is 1. The van der Waals surface area contributed by atoms with Crippen LogP contribution in [0, 0.1) is 6.92 Å². The van der Waals surface area contributed by atoms with Crippen LogP contribution in [0.2, 0.25) is 15.1 Å². The normalized spacial score (nSPS) is 10.6. The summed E-state index contributed by atoms with van der Waals surface area (Å²) in [5.41, 5.74) is 8.33. The predicted molar refractivity (Wildman–Crippen MR) is 73.9 cm³/mol. The third-order valence-electron chi connectivity index (χ3n) is 2.54. The Labute approximate surface area is 114 Å². The second-order valence-electron chi connectivity index (χ2n) is 3.61. The van der Waals surface area contributed by atoms with Gasteiger partial charge < -0.3 is 5.73 Å². The molecule has 0 radical (unpaired) electrons. The van der Waals surface area contributed by atoms with Crippen molar-refractivity contribution in [2.45, 2.75) is 6.92 Å². The Morgan fingerprint density at radius 2 is 1.65 bits per heavy atom. The lowest BCUT2D eigenvalue weighted by Gasteiger charge is -2.10. The zero-order valence-corrected chi connectivity index (χ0v) is 11.2. The summed E-state index contributed by atoms with van der Waals surface area (Å²) in [4.78, 5) is 4.01. The molecule has 0 bridgehead atoms. The fourth-order valence-electron chi connectivity index (χ4n) is 1.57. The van der Waals surface area contributed by atoms with Gasteiger partial charge in [0.15, 0.2) is 0 Å². The van der Waals surface area contributed by atoms with Crippen LogP contribution < -0.4 is 5.73 Å². The summed E-state index contributed by atoms with van der Waals surface area (Å²) < 4.78 is 0. The summed E-state index contributed by atoms with van der Waals surface area (Å²) in [5.74, 6) is 0.477. The standard InChI is InChI=1S/C12H9Cl3N2/c1-6-7(2-3-17-12(6)16)8-4-10(14)11(15)5-9(8)13/h2-5H,1H3,(H2,16,17). The number of pyridine rings is 1. The van der Waals surface area contributed by atoms with Crippen molar-refractivity contribution in [3.8, 4) is 11.1 Å². The van der Waals surface area contributed by atoms with Crippen molar-refractivity contribution in [1.82, 2.24) is 4.98 Å². The maximum absolute atomic E-state index is 6.16. The first kappa shape index (κ1) is 12.5. The van der Waals surface area contributed by atoms with Gasteiger partial charge in [-0.2, -0.15) is 0 Å². The average molecular weight is 288 g/mol. The van der Waals surface area contributed by atoms with Crippen LogP contribution in [-0.2, 0) is 0 Å². The highest BCUT2D eigenvalue weighted by atomic mass is 35.5. The molecule has 0 atom stereocenters. The van der Waals surface area contributed by atoms with Crippen LogP contribution in [0.15, 0.2) is 24.4 Å². The summed E-state index contributed by atoms with van der Waals surface area (Å²) >= 11 is 18.0. The van der Waals surface area contributed by atoms with E-state index in [1.807, 2.05) is 13.0 Å². The molecule has 0 amide bonds. The van der Waals surface area contributed by atoms with Gasteiger partial charge in [0.05, 0.1) is 10.0 Å². The number of hydrogen-bond acceptors (Lipinski definition) is 2. The molecule has 0 spiro atoms. The monoisotopic (exact) mass is 286 g/mol. The number of aromatic nitrogens is 1. The minimum Gasteiger partial charge on any atom is -0.383 e. The molecule has 88 valence electrons. The lowest BCUT2D eigenvalue weighted by molar-refractivity contribution is 1.28. The molecule has 0 aliphatic carbocycles. The molecule has 0 fully saturated rings. The van der Waals surface area contributed by atoms with Gasteiger partial charge in [0.1, 0.15) is 5.82 Å². The van der Waals surface area contributed by atoms with Crippen LogP contribution in [0.25, 0.3) is 11.1 Å². The minimum absolute atomic E-state index is 0.431. The van der Waals surface area contributed by atoms with Gasteiger partial charge in [-0.05, 0) is 36.2 Å². The quantitative estimate of drug-likeness (QED) is 0.779. The zero-order valence-electron chi connectivity index (χ0n) is 8.97. The van der Waals surface area contributed by atoms with Crippen molar-refractivity contribution < 1.29 is 0 Å². The van der Waals surface area contributed by atoms with Gasteiger partial charge in [-0.25, -0.2) is 4.98 Å². The largest absolute Gasteiger partial charge is 0.383 e. The first-order chi connectivity index (χ1) is 8.00. The van der Waals surface area contributed by atoms with E-state index >= 15 is 0 Å². The molecule has 1 heterocycles. The van der Waals surface area contributed by atoms with E-state index in [0.29, 0.717) is 20.9 Å². The van der Waals surface area contributed by atoms with Gasteiger partial charge in [0.2, 0.25) is 0 Å². The molecule has 0 unspecified atom stereocenters. The lowest BCUT2D eigenvalue weighted by Crippen LogP contribution is -1.96. The fourth-order valence-corrected chi connectivity index (χ4v) is 2.22. The van der Waals surface area contributed by atoms with Crippen LogP contribution in [-0.4, -0.2) is 4.98 Å². The third kappa shape index (κ3) is 2.34. The molecule has 0 aliphatic heterocycles. The van der Waals surface area contributed by atoms with Gasteiger partial charge in [-0.3, -0.25) is 0 Å². The van der Waals surface area contributed by atoms with Crippen molar-refractivity contribution in [3.63, 3.8) is 0 Å². The summed E-state index contributed by atoms with van der Waals surface area (Å²) in [6, 6.07) is 5.20. The lowest BCUT2D eigenvalue weighted by atomic mass is 10.0. The van der Waals surface area contributed by atoms with Gasteiger partial charge >= 0.3 is 0 Å². The summed E-state index contributed by atoms with van der Waals surface area (Å²) in [5, 5.41) is 1.43. The van der Waals surface area contributed by atoms with Crippen molar-refractivity contribution in [2.75, 3.05) is 5.73 Å². The van der Waals surface area contributed by atoms with Crippen LogP contribution in [0.1, 0.15) is 5.56 Å². The van der Waals surface area contributed by atoms with E-state index < -0.39 is 0 Å². The van der Waals surface area contributed by atoms with E-state index in [-0.39, 0.29) is 0 Å². The highest BCUT2D eigenvalue weighted by Gasteiger charge is 2.11. The van der Waals surface area contributed by atoms with Gasteiger partial charge in [0, 0.05) is 16.8 Å². The number of rotatable bonds is 1. The van der Waals surface area contributed by atoms with E-state index in [2.05, 4.69) is 4.98 Å². The molecule has 5 heteroatoms. The number of benzene rings is 1. The smallest absolute Gasteiger partial charge is 0.126 e. The van der Waals surface area contributed by atoms with E-state index in [1.165, 1.54) is 0 Å². The van der Waals surface area contributed by atoms with Gasteiger partial charge in [-0.15, -0.1) is 0 Å². The second kappa shape index (κ2) is 4.73. The molecule has 2 rings (SSSR count). The highest BCUT2D eigenvalue weighted by Crippen LogP contribution is 2.37. The summed E-state index contributed by atoms with van der Waals surface area (Å²) in [6.45, 7) is 1.89. The van der Waals surface area contributed by atoms with Gasteiger partial charge in [-0.1, -0.05) is 34.8 Å². The zero-order chi connectivity index (χ0) is 12.6. The van der Waals surface area contributed by atoms with Crippen molar-refractivity contribution in [3.05, 3.63) is 45.0 Å². The Morgan fingerprint density at radius 1 is 1.00 bits per heavy atom. The maximum atomic E-state index is 6.16. The molecule has 17 heavy (non-hydrogen) atoms. The van der Waals surface area contributed by atoms with Gasteiger partial charge in [0.25, 0.3) is 0 Å². The third-order valence-corrected chi connectivity index (χ3v) is 3.58. The minimum atomic E-state index is 0.431. The van der Waals surface area contributed by atoms with Crippen molar-refractivity contribution in [2.24, 2.45) is 0 Å². The van der Waals surface area contributed by atoms with Crippen LogP contribution in [0.4, 0.5) is 5.82 Å². The van der Waals surface area contributed by atoms with E-state index in [1.54, 1.807) is 18.3 Å². The Balaban J connectivity index is 2.69. The molecular weight excluding hydrogens is 279 g/mol. The molecule has 0 saturated heterocycles. The Hall–Kier alpha value is -0.960. The number of halogens is 3. The second-order valence-corrected chi connectivity index (χ2v) is 4.84. The molecular formula is C12H9Cl3N2. The first-order valence-corrected chi connectivity index (χ1v) is 6.00. The van der Waals surface area contributed by atoms with E-state index in [0.717, 1.165) is 16.7 Å². The SMILES string of the molecule is Cc1c(-c2cc(Cl)c(Cl)cc2Cl)ccnc1N. The number of nitrogen functional groups attached to an aromatic ring is 1. The first-order valence-electron chi connectivity index (χ1n) is 4.86. The predicted octanol–water partition coefficient (Wildman–Crippen LogP) is 4.60. The highest BCUT2D eigenvalue weighted by molar-refractivity contribution is 6.44. The van der Waals surface area contributed by atoms with Crippen LogP contribution in [0.3, 0.4) is 0 Å². The molecule has 1 aromatic carbocycles. The topological polar surface area (TPSA) is 38.9 Å². The molecule has 2 aromatic rings. The summed E-state index contributed by atoms with van der Waals surface area (Å²) in [6.07, 6.45) is 1.64. The Morgan fingerprint density at radius 3 is 2.35 bits per heavy atom. The van der Waals surface area contributed by atoms with Crippen molar-refractivity contribution >= 4 is 40.6 Å². The average Bonchev–Trinajstić information content (AvgIpc) is 2.28.